The summed E-state index contributed by atoms with van der Waals surface area (Å²) in [5.74, 6) is -0.159. The van der Waals surface area contributed by atoms with Crippen LogP contribution in [0.3, 0.4) is 0 Å². The SMILES string of the molecule is Cc1cc(F)c(Br)c(C2(C)CCCN2)c1C. The number of hydrogen-bond acceptors (Lipinski definition) is 1. The Bertz CT molecular complexity index is 396. The van der Waals surface area contributed by atoms with E-state index >= 15 is 0 Å². The van der Waals surface area contributed by atoms with E-state index in [1.807, 2.05) is 6.92 Å². The molecule has 1 aliphatic rings. The van der Waals surface area contributed by atoms with Crippen LogP contribution in [-0.2, 0) is 5.54 Å². The van der Waals surface area contributed by atoms with Crippen LogP contribution in [0.5, 0.6) is 0 Å². The highest BCUT2D eigenvalue weighted by atomic mass is 79.9. The van der Waals surface area contributed by atoms with E-state index in [2.05, 4.69) is 35.1 Å². The van der Waals surface area contributed by atoms with Crippen molar-refractivity contribution in [3.8, 4) is 0 Å². The zero-order chi connectivity index (χ0) is 11.9. The van der Waals surface area contributed by atoms with Crippen LogP contribution in [0.1, 0.15) is 36.5 Å². The van der Waals surface area contributed by atoms with Gasteiger partial charge in [0.15, 0.2) is 0 Å². The molecule has 1 nitrogen and oxygen atoms in total. The summed E-state index contributed by atoms with van der Waals surface area (Å²) in [6.45, 7) is 7.21. The first-order valence-corrected chi connectivity index (χ1v) is 6.46. The largest absolute Gasteiger partial charge is 0.308 e. The molecule has 0 radical (unpaired) electrons. The minimum absolute atomic E-state index is 0.0875. The van der Waals surface area contributed by atoms with Crippen LogP contribution < -0.4 is 5.32 Å². The number of nitrogens with one attached hydrogen (secondary N) is 1. The van der Waals surface area contributed by atoms with Crippen LogP contribution in [0.25, 0.3) is 0 Å². The third kappa shape index (κ3) is 1.80. The Balaban J connectivity index is 2.63. The molecule has 1 unspecified atom stereocenters. The molecular formula is C13H17BrFN. The molecular weight excluding hydrogens is 269 g/mol. The molecule has 1 aromatic rings. The molecule has 0 aromatic heterocycles. The lowest BCUT2D eigenvalue weighted by atomic mass is 9.85. The van der Waals surface area contributed by atoms with Gasteiger partial charge in [-0.25, -0.2) is 4.39 Å². The van der Waals surface area contributed by atoms with Gasteiger partial charge < -0.3 is 5.32 Å². The third-order valence-corrected chi connectivity index (χ3v) is 4.43. The number of aryl methyl sites for hydroxylation is 1. The Morgan fingerprint density at radius 3 is 2.69 bits per heavy atom. The van der Waals surface area contributed by atoms with Gasteiger partial charge in [-0.15, -0.1) is 0 Å². The lowest BCUT2D eigenvalue weighted by molar-refractivity contribution is 0.426. The Hall–Kier alpha value is -0.410. The first-order chi connectivity index (χ1) is 7.46. The van der Waals surface area contributed by atoms with Crippen molar-refractivity contribution in [1.82, 2.24) is 5.32 Å². The Morgan fingerprint density at radius 1 is 1.44 bits per heavy atom. The predicted molar refractivity (Wildman–Crippen MR) is 68.2 cm³/mol. The van der Waals surface area contributed by atoms with Crippen LogP contribution in [-0.4, -0.2) is 6.54 Å². The molecule has 1 heterocycles. The molecule has 16 heavy (non-hydrogen) atoms. The van der Waals surface area contributed by atoms with Crippen molar-refractivity contribution in [2.24, 2.45) is 0 Å². The lowest BCUT2D eigenvalue weighted by Gasteiger charge is -2.29. The van der Waals surface area contributed by atoms with Crippen LogP contribution >= 0.6 is 15.9 Å². The Labute approximate surface area is 105 Å². The van der Waals surface area contributed by atoms with Crippen LogP contribution in [0.2, 0.25) is 0 Å². The van der Waals surface area contributed by atoms with E-state index in [0.29, 0.717) is 4.47 Å². The maximum atomic E-state index is 13.8. The van der Waals surface area contributed by atoms with Crippen molar-refractivity contribution >= 4 is 15.9 Å². The maximum Gasteiger partial charge on any atom is 0.138 e. The fraction of sp³-hybridized carbons (Fsp3) is 0.538. The molecule has 1 N–H and O–H groups in total. The summed E-state index contributed by atoms with van der Waals surface area (Å²) < 4.78 is 14.4. The predicted octanol–water partition coefficient (Wildman–Crippen LogP) is 3.80. The van der Waals surface area contributed by atoms with Gasteiger partial charge in [0, 0.05) is 5.54 Å². The molecule has 1 saturated heterocycles. The molecule has 0 aliphatic carbocycles. The second kappa shape index (κ2) is 4.11. The van der Waals surface area contributed by atoms with Gasteiger partial charge in [0.2, 0.25) is 0 Å². The Kier molecular flexibility index (Phi) is 3.10. The van der Waals surface area contributed by atoms with Gasteiger partial charge in [-0.1, -0.05) is 0 Å². The van der Waals surface area contributed by atoms with E-state index in [1.165, 1.54) is 5.56 Å². The third-order valence-electron chi connectivity index (χ3n) is 3.66. The highest BCUT2D eigenvalue weighted by molar-refractivity contribution is 9.10. The Morgan fingerprint density at radius 2 is 2.12 bits per heavy atom. The van der Waals surface area contributed by atoms with Crippen LogP contribution in [0.15, 0.2) is 10.5 Å². The minimum Gasteiger partial charge on any atom is -0.308 e. The fourth-order valence-corrected chi connectivity index (χ4v) is 3.46. The topological polar surface area (TPSA) is 12.0 Å². The van der Waals surface area contributed by atoms with E-state index in [9.17, 15) is 4.39 Å². The van der Waals surface area contributed by atoms with Crippen molar-refractivity contribution in [3.63, 3.8) is 0 Å². The summed E-state index contributed by atoms with van der Waals surface area (Å²) in [5.41, 5.74) is 3.20. The molecule has 1 aliphatic heterocycles. The normalized spacial score (nSPS) is 25.1. The van der Waals surface area contributed by atoms with E-state index in [0.717, 1.165) is 30.5 Å². The van der Waals surface area contributed by atoms with Gasteiger partial charge in [-0.2, -0.15) is 0 Å². The molecule has 1 fully saturated rings. The molecule has 3 heteroatoms. The summed E-state index contributed by atoms with van der Waals surface area (Å²) >= 11 is 3.40. The highest BCUT2D eigenvalue weighted by Gasteiger charge is 2.34. The zero-order valence-corrected chi connectivity index (χ0v) is 11.5. The standard InChI is InChI=1S/C13H17BrFN/c1-8-7-10(15)12(14)11(9(8)2)13(3)5-4-6-16-13/h7,16H,4-6H2,1-3H3. The van der Waals surface area contributed by atoms with Crippen molar-refractivity contribution in [2.45, 2.75) is 39.2 Å². The lowest BCUT2D eigenvalue weighted by Crippen LogP contribution is -2.34. The van der Waals surface area contributed by atoms with Crippen LogP contribution in [0.4, 0.5) is 4.39 Å². The van der Waals surface area contributed by atoms with Gasteiger partial charge in [0.05, 0.1) is 4.47 Å². The van der Waals surface area contributed by atoms with E-state index in [-0.39, 0.29) is 11.4 Å². The first-order valence-electron chi connectivity index (χ1n) is 5.66. The summed E-state index contributed by atoms with van der Waals surface area (Å²) in [4.78, 5) is 0. The highest BCUT2D eigenvalue weighted by Crippen LogP contribution is 2.39. The molecule has 0 bridgehead atoms. The van der Waals surface area contributed by atoms with E-state index in [1.54, 1.807) is 6.07 Å². The van der Waals surface area contributed by atoms with Crippen molar-refractivity contribution in [1.29, 1.82) is 0 Å². The fourth-order valence-electron chi connectivity index (χ4n) is 2.61. The zero-order valence-electron chi connectivity index (χ0n) is 9.95. The number of rotatable bonds is 1. The monoisotopic (exact) mass is 285 g/mol. The van der Waals surface area contributed by atoms with Crippen molar-refractivity contribution < 1.29 is 4.39 Å². The minimum atomic E-state index is -0.159. The quantitative estimate of drug-likeness (QED) is 0.828. The van der Waals surface area contributed by atoms with Gasteiger partial charge in [0.1, 0.15) is 5.82 Å². The average molecular weight is 286 g/mol. The number of halogens is 2. The van der Waals surface area contributed by atoms with E-state index in [4.69, 9.17) is 0 Å². The molecule has 0 saturated carbocycles. The summed E-state index contributed by atoms with van der Waals surface area (Å²) in [5, 5.41) is 3.49. The summed E-state index contributed by atoms with van der Waals surface area (Å²) in [6.07, 6.45) is 2.22. The van der Waals surface area contributed by atoms with Gasteiger partial charge in [-0.05, 0) is 78.8 Å². The molecule has 0 spiro atoms. The van der Waals surface area contributed by atoms with E-state index < -0.39 is 0 Å². The average Bonchev–Trinajstić information content (AvgIpc) is 2.63. The van der Waals surface area contributed by atoms with Gasteiger partial charge in [0.25, 0.3) is 0 Å². The molecule has 88 valence electrons. The van der Waals surface area contributed by atoms with Crippen molar-refractivity contribution in [3.05, 3.63) is 33.0 Å². The smallest absolute Gasteiger partial charge is 0.138 e. The summed E-state index contributed by atoms with van der Waals surface area (Å²) in [6, 6.07) is 1.60. The molecule has 1 atom stereocenters. The van der Waals surface area contributed by atoms with Crippen molar-refractivity contribution in [2.75, 3.05) is 6.54 Å². The number of benzene rings is 1. The van der Waals surface area contributed by atoms with Gasteiger partial charge >= 0.3 is 0 Å². The second-order valence-electron chi connectivity index (χ2n) is 4.85. The summed E-state index contributed by atoms with van der Waals surface area (Å²) in [7, 11) is 0. The molecule has 1 aromatic carbocycles. The maximum absolute atomic E-state index is 13.8. The molecule has 2 rings (SSSR count). The first kappa shape index (κ1) is 12.1. The second-order valence-corrected chi connectivity index (χ2v) is 5.64. The van der Waals surface area contributed by atoms with Crippen LogP contribution in [0, 0.1) is 19.7 Å². The number of hydrogen-bond donors (Lipinski definition) is 1. The molecule has 0 amide bonds. The van der Waals surface area contributed by atoms with Gasteiger partial charge in [-0.3, -0.25) is 0 Å².